The van der Waals surface area contributed by atoms with Crippen molar-refractivity contribution in [1.29, 1.82) is 0 Å². The van der Waals surface area contributed by atoms with Gasteiger partial charge in [-0.25, -0.2) is 4.98 Å². The number of piperazine rings is 1. The first-order chi connectivity index (χ1) is 20.2. The van der Waals surface area contributed by atoms with E-state index in [1.54, 1.807) is 18.4 Å². The number of methoxy groups -OCH3 is 1. The maximum absolute atomic E-state index is 12.9. The van der Waals surface area contributed by atoms with Gasteiger partial charge in [-0.3, -0.25) is 4.79 Å². The summed E-state index contributed by atoms with van der Waals surface area (Å²) < 4.78 is 5.39. The number of nitrogens with zero attached hydrogens (tertiary/aromatic N) is 3. The van der Waals surface area contributed by atoms with E-state index in [4.69, 9.17) is 9.72 Å². The number of hydrogen-bond acceptors (Lipinski definition) is 6. The van der Waals surface area contributed by atoms with Crippen LogP contribution in [0, 0.1) is 0 Å². The number of aromatic nitrogens is 1. The zero-order valence-electron chi connectivity index (χ0n) is 23.0. The quantitative estimate of drug-likeness (QED) is 0.224. The minimum Gasteiger partial charge on any atom is -0.497 e. The van der Waals surface area contributed by atoms with Crippen LogP contribution >= 0.6 is 11.3 Å². The second-order valence-electron chi connectivity index (χ2n) is 9.98. The third-order valence-electron chi connectivity index (χ3n) is 7.34. The molecule has 1 saturated heterocycles. The van der Waals surface area contributed by atoms with Crippen LogP contribution in [-0.4, -0.2) is 49.1 Å². The second-order valence-corrected chi connectivity index (χ2v) is 10.8. The van der Waals surface area contributed by atoms with E-state index in [9.17, 15) is 4.79 Å². The fraction of sp³-hybridized carbons (Fsp3) is 0.176. The van der Waals surface area contributed by atoms with Crippen molar-refractivity contribution < 1.29 is 9.53 Å². The van der Waals surface area contributed by atoms with E-state index in [-0.39, 0.29) is 5.91 Å². The highest BCUT2D eigenvalue weighted by molar-refractivity contribution is 7.14. The smallest absolute Gasteiger partial charge is 0.253 e. The number of carbonyl (C=O) groups is 1. The number of ether oxygens (including phenoxy) is 1. The first-order valence-corrected chi connectivity index (χ1v) is 14.7. The Bertz CT molecular complexity index is 1580. The SMILES string of the molecule is COc1ccc(N(Cc2ccc(C(=O)N3CCNCC3)cc2)c2nc(-c3ccc(-c4ccccc4)cc3)cs2)cc1. The summed E-state index contributed by atoms with van der Waals surface area (Å²) in [7, 11) is 1.67. The van der Waals surface area contributed by atoms with E-state index in [1.165, 1.54) is 11.1 Å². The van der Waals surface area contributed by atoms with Crippen LogP contribution in [0.25, 0.3) is 22.4 Å². The number of nitrogens with one attached hydrogen (secondary N) is 1. The molecule has 7 heteroatoms. The van der Waals surface area contributed by atoms with Gasteiger partial charge in [0, 0.05) is 48.4 Å². The van der Waals surface area contributed by atoms with Gasteiger partial charge in [0.1, 0.15) is 5.75 Å². The lowest BCUT2D eigenvalue weighted by atomic mass is 10.0. The zero-order valence-corrected chi connectivity index (χ0v) is 23.8. The van der Waals surface area contributed by atoms with E-state index in [0.717, 1.165) is 65.1 Å². The molecule has 5 aromatic rings. The fourth-order valence-electron chi connectivity index (χ4n) is 5.00. The van der Waals surface area contributed by atoms with Crippen molar-refractivity contribution >= 4 is 28.1 Å². The van der Waals surface area contributed by atoms with Crippen molar-refractivity contribution in [1.82, 2.24) is 15.2 Å². The number of benzene rings is 4. The summed E-state index contributed by atoms with van der Waals surface area (Å²) in [5.41, 5.74) is 7.25. The van der Waals surface area contributed by atoms with E-state index in [2.05, 4.69) is 76.3 Å². The molecular weight excluding hydrogens is 528 g/mol. The molecule has 4 aromatic carbocycles. The Kier molecular flexibility index (Phi) is 8.07. The van der Waals surface area contributed by atoms with E-state index >= 15 is 0 Å². The summed E-state index contributed by atoms with van der Waals surface area (Å²) in [6.45, 7) is 3.79. The van der Waals surface area contributed by atoms with Crippen LogP contribution in [0.2, 0.25) is 0 Å². The lowest BCUT2D eigenvalue weighted by Crippen LogP contribution is -2.46. The summed E-state index contributed by atoms with van der Waals surface area (Å²) in [4.78, 5) is 22.1. The van der Waals surface area contributed by atoms with Crippen LogP contribution in [0.1, 0.15) is 15.9 Å². The molecule has 2 heterocycles. The third kappa shape index (κ3) is 6.16. The predicted molar refractivity (Wildman–Crippen MR) is 167 cm³/mol. The average molecular weight is 561 g/mol. The van der Waals surface area contributed by atoms with Crippen LogP contribution in [0.3, 0.4) is 0 Å². The molecule has 0 saturated carbocycles. The van der Waals surface area contributed by atoms with E-state index < -0.39 is 0 Å². The number of carbonyl (C=O) groups excluding carboxylic acids is 1. The van der Waals surface area contributed by atoms with Gasteiger partial charge in [-0.1, -0.05) is 66.7 Å². The van der Waals surface area contributed by atoms with Crippen LogP contribution in [0.5, 0.6) is 5.75 Å². The molecule has 1 aliphatic rings. The zero-order chi connectivity index (χ0) is 28.0. The maximum atomic E-state index is 12.9. The third-order valence-corrected chi connectivity index (χ3v) is 8.20. The predicted octanol–water partition coefficient (Wildman–Crippen LogP) is 6.87. The summed E-state index contributed by atoms with van der Waals surface area (Å²) in [5, 5.41) is 6.31. The molecule has 0 radical (unpaired) electrons. The molecule has 1 aliphatic heterocycles. The van der Waals surface area contributed by atoms with Crippen LogP contribution in [0.15, 0.2) is 109 Å². The average Bonchev–Trinajstić information content (AvgIpc) is 3.55. The summed E-state index contributed by atoms with van der Waals surface area (Å²) >= 11 is 1.62. The highest BCUT2D eigenvalue weighted by Crippen LogP contribution is 2.35. The summed E-state index contributed by atoms with van der Waals surface area (Å²) in [6.07, 6.45) is 0. The largest absolute Gasteiger partial charge is 0.497 e. The molecule has 1 N–H and O–H groups in total. The number of thiazole rings is 1. The number of hydrogen-bond donors (Lipinski definition) is 1. The molecule has 1 fully saturated rings. The Morgan fingerprint density at radius 3 is 2.20 bits per heavy atom. The molecule has 0 spiro atoms. The molecule has 1 aromatic heterocycles. The van der Waals surface area contributed by atoms with Gasteiger partial charge in [-0.2, -0.15) is 0 Å². The van der Waals surface area contributed by atoms with Crippen molar-refractivity contribution in [2.24, 2.45) is 0 Å². The van der Waals surface area contributed by atoms with Gasteiger partial charge >= 0.3 is 0 Å². The Hall–Kier alpha value is -4.46. The van der Waals surface area contributed by atoms with Crippen molar-refractivity contribution in [3.8, 4) is 28.1 Å². The van der Waals surface area contributed by atoms with Crippen LogP contribution in [0.4, 0.5) is 10.8 Å². The molecule has 0 bridgehead atoms. The number of anilines is 2. The lowest BCUT2D eigenvalue weighted by Gasteiger charge is -2.27. The topological polar surface area (TPSA) is 57.7 Å². The Balaban J connectivity index is 1.25. The van der Waals surface area contributed by atoms with Gasteiger partial charge in [0.2, 0.25) is 0 Å². The first-order valence-electron chi connectivity index (χ1n) is 13.8. The standard InChI is InChI=1S/C34H32N4O2S/c1-40-31-17-15-30(16-18-31)38(23-25-7-9-29(10-8-25)33(39)37-21-19-35-20-22-37)34-36-32(24-41-34)28-13-11-27(12-14-28)26-5-3-2-4-6-26/h2-18,24,35H,19-23H2,1H3. The maximum Gasteiger partial charge on any atom is 0.253 e. The van der Waals surface area contributed by atoms with E-state index in [0.29, 0.717) is 6.54 Å². The monoisotopic (exact) mass is 560 g/mol. The molecule has 0 unspecified atom stereocenters. The van der Waals surface area contributed by atoms with Crippen molar-refractivity contribution in [3.63, 3.8) is 0 Å². The van der Waals surface area contributed by atoms with Gasteiger partial charge < -0.3 is 19.9 Å². The minimum absolute atomic E-state index is 0.0907. The Morgan fingerprint density at radius 2 is 1.51 bits per heavy atom. The highest BCUT2D eigenvalue weighted by atomic mass is 32.1. The first kappa shape index (κ1) is 26.7. The molecule has 6 nitrogen and oxygen atoms in total. The normalized spacial score (nSPS) is 13.1. The molecule has 1 amide bonds. The summed E-state index contributed by atoms with van der Waals surface area (Å²) in [5.74, 6) is 0.899. The molecule has 0 aliphatic carbocycles. The highest BCUT2D eigenvalue weighted by Gasteiger charge is 2.19. The van der Waals surface area contributed by atoms with Gasteiger partial charge in [0.25, 0.3) is 5.91 Å². The molecular formula is C34H32N4O2S. The van der Waals surface area contributed by atoms with Crippen molar-refractivity contribution in [2.75, 3.05) is 38.2 Å². The van der Waals surface area contributed by atoms with Crippen LogP contribution in [-0.2, 0) is 6.54 Å². The van der Waals surface area contributed by atoms with Gasteiger partial charge in [0.05, 0.1) is 19.3 Å². The van der Waals surface area contributed by atoms with Gasteiger partial charge in [-0.15, -0.1) is 11.3 Å². The van der Waals surface area contributed by atoms with E-state index in [1.807, 2.05) is 47.4 Å². The second kappa shape index (κ2) is 12.4. The fourth-order valence-corrected chi connectivity index (χ4v) is 5.86. The molecule has 6 rings (SSSR count). The minimum atomic E-state index is 0.0907. The Morgan fingerprint density at radius 1 is 0.854 bits per heavy atom. The van der Waals surface area contributed by atoms with Gasteiger partial charge in [-0.05, 0) is 53.1 Å². The van der Waals surface area contributed by atoms with Gasteiger partial charge in [0.15, 0.2) is 5.13 Å². The summed E-state index contributed by atoms with van der Waals surface area (Å²) in [6, 6.07) is 35.0. The Labute approximate surface area is 244 Å². The van der Waals surface area contributed by atoms with Crippen molar-refractivity contribution in [2.45, 2.75) is 6.54 Å². The molecule has 41 heavy (non-hydrogen) atoms. The lowest BCUT2D eigenvalue weighted by molar-refractivity contribution is 0.0736. The number of rotatable bonds is 8. The number of amides is 1. The van der Waals surface area contributed by atoms with Crippen LogP contribution < -0.4 is 15.0 Å². The molecule has 0 atom stereocenters. The van der Waals surface area contributed by atoms with Crippen molar-refractivity contribution in [3.05, 3.63) is 120 Å². The molecule has 206 valence electrons.